The van der Waals surface area contributed by atoms with Gasteiger partial charge in [0.25, 0.3) is 0 Å². The predicted octanol–water partition coefficient (Wildman–Crippen LogP) is 3.33. The van der Waals surface area contributed by atoms with E-state index in [4.69, 9.17) is 14.2 Å². The molecule has 0 radical (unpaired) electrons. The van der Waals surface area contributed by atoms with Crippen molar-refractivity contribution in [3.8, 4) is 0 Å². The SMILES string of the molecule is CSc1nnc(C[C@H](NC(=O)OC(C)(C)C)C(=O)OC(C)(C)C)c(C(=O)OC(C)(C)C)n1. The minimum absolute atomic E-state index is 0.0844. The summed E-state index contributed by atoms with van der Waals surface area (Å²) < 4.78 is 16.1. The van der Waals surface area contributed by atoms with Crippen molar-refractivity contribution in [3.63, 3.8) is 0 Å². The molecular weight excluding hydrogens is 436 g/mol. The van der Waals surface area contributed by atoms with Crippen LogP contribution in [0.1, 0.15) is 78.5 Å². The van der Waals surface area contributed by atoms with Gasteiger partial charge in [-0.15, -0.1) is 5.10 Å². The Morgan fingerprint density at radius 1 is 0.875 bits per heavy atom. The molecule has 0 saturated carbocycles. The van der Waals surface area contributed by atoms with Crippen LogP contribution in [0.5, 0.6) is 0 Å². The third-order valence-corrected chi connectivity index (χ3v) is 3.83. The van der Waals surface area contributed by atoms with E-state index < -0.39 is 40.9 Å². The maximum Gasteiger partial charge on any atom is 0.408 e. The molecule has 0 aliphatic heterocycles. The Balaban J connectivity index is 3.30. The average Bonchev–Trinajstić information content (AvgIpc) is 2.56. The quantitative estimate of drug-likeness (QED) is 0.375. The van der Waals surface area contributed by atoms with Crippen LogP contribution < -0.4 is 5.32 Å². The topological polar surface area (TPSA) is 130 Å². The molecule has 0 aromatic carbocycles. The molecule has 32 heavy (non-hydrogen) atoms. The lowest BCUT2D eigenvalue weighted by molar-refractivity contribution is -0.157. The van der Waals surface area contributed by atoms with Crippen molar-refractivity contribution < 1.29 is 28.6 Å². The highest BCUT2D eigenvalue weighted by molar-refractivity contribution is 7.98. The van der Waals surface area contributed by atoms with Crippen molar-refractivity contribution in [2.75, 3.05) is 6.26 Å². The van der Waals surface area contributed by atoms with E-state index in [9.17, 15) is 14.4 Å². The van der Waals surface area contributed by atoms with Gasteiger partial charge in [0, 0.05) is 6.42 Å². The molecule has 0 unspecified atom stereocenters. The molecule has 1 aromatic rings. The maximum atomic E-state index is 12.8. The molecule has 1 atom stereocenters. The number of carbonyl (C=O) groups is 3. The average molecular weight is 471 g/mol. The van der Waals surface area contributed by atoms with Gasteiger partial charge in [0.1, 0.15) is 22.8 Å². The molecule has 10 nitrogen and oxygen atoms in total. The molecule has 1 amide bonds. The highest BCUT2D eigenvalue weighted by atomic mass is 32.2. The lowest BCUT2D eigenvalue weighted by Crippen LogP contribution is -2.47. The fourth-order valence-electron chi connectivity index (χ4n) is 2.26. The second-order valence-corrected chi connectivity index (χ2v) is 10.8. The number of aromatic nitrogens is 3. The van der Waals surface area contributed by atoms with Crippen molar-refractivity contribution in [2.45, 2.75) is 96.7 Å². The van der Waals surface area contributed by atoms with Crippen LogP contribution in [0.15, 0.2) is 5.16 Å². The minimum atomic E-state index is -1.19. The largest absolute Gasteiger partial charge is 0.458 e. The minimum Gasteiger partial charge on any atom is -0.458 e. The van der Waals surface area contributed by atoms with Gasteiger partial charge in [0.05, 0.1) is 5.69 Å². The first kappa shape index (κ1) is 27.6. The fourth-order valence-corrected chi connectivity index (χ4v) is 2.56. The van der Waals surface area contributed by atoms with Gasteiger partial charge in [-0.05, 0) is 68.6 Å². The second kappa shape index (κ2) is 10.5. The normalized spacial score (nSPS) is 13.2. The third kappa shape index (κ3) is 10.3. The van der Waals surface area contributed by atoms with Crippen LogP contribution in [0.3, 0.4) is 0 Å². The van der Waals surface area contributed by atoms with Gasteiger partial charge in [0.15, 0.2) is 5.69 Å². The molecule has 11 heteroatoms. The van der Waals surface area contributed by atoms with E-state index in [-0.39, 0.29) is 23.0 Å². The maximum absolute atomic E-state index is 12.8. The lowest BCUT2D eigenvalue weighted by atomic mass is 10.1. The molecule has 0 fully saturated rings. The van der Waals surface area contributed by atoms with E-state index in [0.717, 1.165) is 0 Å². The number of nitrogens with zero attached hydrogens (tertiary/aromatic N) is 3. The van der Waals surface area contributed by atoms with Gasteiger partial charge in [-0.25, -0.2) is 19.4 Å². The number of nitrogens with one attached hydrogen (secondary N) is 1. The van der Waals surface area contributed by atoms with Gasteiger partial charge in [-0.1, -0.05) is 11.8 Å². The molecule has 1 N–H and O–H groups in total. The Morgan fingerprint density at radius 2 is 1.41 bits per heavy atom. The van der Waals surface area contributed by atoms with Crippen molar-refractivity contribution in [1.82, 2.24) is 20.5 Å². The summed E-state index contributed by atoms with van der Waals surface area (Å²) in [7, 11) is 0. The molecule has 1 heterocycles. The molecule has 0 aliphatic rings. The molecule has 180 valence electrons. The summed E-state index contributed by atoms with van der Waals surface area (Å²) in [4.78, 5) is 42.1. The van der Waals surface area contributed by atoms with E-state index >= 15 is 0 Å². The van der Waals surface area contributed by atoms with Crippen LogP contribution in [0, 0.1) is 0 Å². The standard InChI is InChI=1S/C21H34N4O6S/c1-19(2,3)29-15(26)13(22-18(28)31-21(7,8)9)11-12-14(16(27)30-20(4,5)6)23-17(32-10)25-24-12/h13H,11H2,1-10H3,(H,22,28)/t13-/m0/s1. The molecular formula is C21H34N4O6S. The fraction of sp³-hybridized carbons (Fsp3) is 0.714. The van der Waals surface area contributed by atoms with Crippen LogP contribution in [-0.2, 0) is 25.4 Å². The zero-order valence-corrected chi connectivity index (χ0v) is 21.3. The number of hydrogen-bond donors (Lipinski definition) is 1. The van der Waals surface area contributed by atoms with Gasteiger partial charge in [0.2, 0.25) is 5.16 Å². The van der Waals surface area contributed by atoms with Crippen LogP contribution in [0.25, 0.3) is 0 Å². The number of alkyl carbamates (subject to hydrolysis) is 1. The van der Waals surface area contributed by atoms with Crippen molar-refractivity contribution in [2.24, 2.45) is 0 Å². The van der Waals surface area contributed by atoms with E-state index in [1.807, 2.05) is 0 Å². The predicted molar refractivity (Wildman–Crippen MR) is 119 cm³/mol. The van der Waals surface area contributed by atoms with Gasteiger partial charge >= 0.3 is 18.0 Å². The third-order valence-electron chi connectivity index (χ3n) is 3.29. The smallest absolute Gasteiger partial charge is 0.408 e. The Kier molecular flexibility index (Phi) is 9.02. The summed E-state index contributed by atoms with van der Waals surface area (Å²) in [5.41, 5.74) is -2.34. The van der Waals surface area contributed by atoms with Gasteiger partial charge in [-0.2, -0.15) is 5.10 Å². The number of hydrogen-bond acceptors (Lipinski definition) is 10. The number of thioether (sulfide) groups is 1. The van der Waals surface area contributed by atoms with Gasteiger partial charge in [-0.3, -0.25) is 0 Å². The molecule has 0 aliphatic carbocycles. The number of amides is 1. The lowest BCUT2D eigenvalue weighted by Gasteiger charge is -2.26. The molecule has 0 spiro atoms. The van der Waals surface area contributed by atoms with Crippen LogP contribution in [-0.4, -0.2) is 62.3 Å². The summed E-state index contributed by atoms with van der Waals surface area (Å²) in [5, 5.41) is 10.8. The van der Waals surface area contributed by atoms with Crippen molar-refractivity contribution in [1.29, 1.82) is 0 Å². The van der Waals surface area contributed by atoms with Crippen LogP contribution in [0.4, 0.5) is 4.79 Å². The monoisotopic (exact) mass is 470 g/mol. The van der Waals surface area contributed by atoms with Crippen LogP contribution in [0.2, 0.25) is 0 Å². The Labute approximate surface area is 193 Å². The van der Waals surface area contributed by atoms with E-state index in [1.54, 1.807) is 68.6 Å². The Hall–Kier alpha value is -2.43. The first-order valence-electron chi connectivity index (χ1n) is 10.1. The number of esters is 2. The molecule has 0 bridgehead atoms. The number of ether oxygens (including phenoxy) is 3. The highest BCUT2D eigenvalue weighted by Gasteiger charge is 2.32. The first-order chi connectivity index (χ1) is 14.4. The molecule has 1 aromatic heterocycles. The van der Waals surface area contributed by atoms with E-state index in [0.29, 0.717) is 0 Å². The second-order valence-electron chi connectivity index (χ2n) is 10.0. The number of rotatable bonds is 6. The summed E-state index contributed by atoms with van der Waals surface area (Å²) in [5.74, 6) is -1.42. The summed E-state index contributed by atoms with van der Waals surface area (Å²) in [6.07, 6.45) is 0.731. The molecule has 0 saturated heterocycles. The highest BCUT2D eigenvalue weighted by Crippen LogP contribution is 2.18. The van der Waals surface area contributed by atoms with E-state index in [1.165, 1.54) is 11.8 Å². The summed E-state index contributed by atoms with van der Waals surface area (Å²) >= 11 is 1.20. The Morgan fingerprint density at radius 3 is 1.88 bits per heavy atom. The van der Waals surface area contributed by atoms with Gasteiger partial charge < -0.3 is 19.5 Å². The van der Waals surface area contributed by atoms with Crippen molar-refractivity contribution >= 4 is 29.8 Å². The first-order valence-corrected chi connectivity index (χ1v) is 11.4. The number of carbonyl (C=O) groups excluding carboxylic acids is 3. The summed E-state index contributed by atoms with van der Waals surface area (Å²) in [6.45, 7) is 15.4. The zero-order chi connectivity index (χ0) is 24.9. The van der Waals surface area contributed by atoms with Crippen molar-refractivity contribution in [3.05, 3.63) is 11.4 Å². The van der Waals surface area contributed by atoms with Crippen LogP contribution >= 0.6 is 11.8 Å². The molecule has 1 rings (SSSR count). The van der Waals surface area contributed by atoms with E-state index in [2.05, 4.69) is 20.5 Å². The zero-order valence-electron chi connectivity index (χ0n) is 20.5. The summed E-state index contributed by atoms with van der Waals surface area (Å²) in [6, 6.07) is -1.19. The Bertz CT molecular complexity index is 840.